The second kappa shape index (κ2) is 6.29. The highest BCUT2D eigenvalue weighted by atomic mass is 32.2. The van der Waals surface area contributed by atoms with Crippen LogP contribution in [-0.2, 0) is 4.79 Å². The zero-order valence-electron chi connectivity index (χ0n) is 13.8. The first-order chi connectivity index (χ1) is 12.2. The number of amides is 1. The minimum absolute atomic E-state index is 0.0567. The molecule has 1 aliphatic rings. The Morgan fingerprint density at radius 1 is 1.08 bits per heavy atom. The maximum atomic E-state index is 12.6. The van der Waals surface area contributed by atoms with Crippen molar-refractivity contribution in [2.75, 3.05) is 16.4 Å². The molecular weight excluding hydrogens is 332 g/mol. The molecule has 2 aromatic carbocycles. The molecule has 1 fully saturated rings. The summed E-state index contributed by atoms with van der Waals surface area (Å²) in [4.78, 5) is 14.4. The number of aromatic nitrogens is 2. The second-order valence-electron chi connectivity index (χ2n) is 5.90. The highest BCUT2D eigenvalue weighted by Gasteiger charge is 2.37. The Kier molecular flexibility index (Phi) is 3.97. The van der Waals surface area contributed by atoms with Gasteiger partial charge in [0.2, 0.25) is 5.91 Å². The van der Waals surface area contributed by atoms with Crippen LogP contribution in [0.5, 0.6) is 0 Å². The van der Waals surface area contributed by atoms with Gasteiger partial charge >= 0.3 is 0 Å². The number of anilines is 2. The van der Waals surface area contributed by atoms with Crippen molar-refractivity contribution in [1.29, 1.82) is 0 Å². The zero-order chi connectivity index (χ0) is 17.4. The number of hydrogen-bond acceptors (Lipinski definition) is 4. The molecule has 1 amide bonds. The molecule has 1 aliphatic heterocycles. The number of rotatable bonds is 3. The van der Waals surface area contributed by atoms with Gasteiger partial charge in [0.25, 0.3) is 0 Å². The predicted octanol–water partition coefficient (Wildman–Crippen LogP) is 3.54. The maximum Gasteiger partial charge on any atom is 0.238 e. The molecule has 0 unspecified atom stereocenters. The van der Waals surface area contributed by atoms with Crippen LogP contribution in [0.3, 0.4) is 0 Å². The van der Waals surface area contributed by atoms with Crippen molar-refractivity contribution in [3.8, 4) is 5.69 Å². The van der Waals surface area contributed by atoms with Gasteiger partial charge in [0.1, 0.15) is 11.1 Å². The Labute approximate surface area is 150 Å². The third-order valence-corrected chi connectivity index (χ3v) is 5.47. The molecule has 0 bridgehead atoms. The average Bonchev–Trinajstić information content (AvgIpc) is 3.16. The number of carbonyl (C=O) groups excluding carboxylic acids is 1. The standard InChI is InChI=1S/C19H18N4OS/c1-13-17(18(20)23(21-13)15-10-6-3-7-11-15)22-16(24)12-25-19(22)14-8-4-2-5-9-14/h2-11,19H,12,20H2,1H3/t19-/m0/s1. The Balaban J connectivity index is 1.81. The molecule has 1 saturated heterocycles. The number of para-hydroxylation sites is 1. The first-order valence-electron chi connectivity index (χ1n) is 8.06. The van der Waals surface area contributed by atoms with Crippen molar-refractivity contribution in [3.05, 3.63) is 71.9 Å². The Hall–Kier alpha value is -2.73. The van der Waals surface area contributed by atoms with E-state index in [0.717, 1.165) is 16.9 Å². The SMILES string of the molecule is Cc1nn(-c2ccccc2)c(N)c1N1C(=O)CS[C@H]1c1ccccc1. The van der Waals surface area contributed by atoms with Crippen LogP contribution in [0.15, 0.2) is 60.7 Å². The highest BCUT2D eigenvalue weighted by molar-refractivity contribution is 8.00. The van der Waals surface area contributed by atoms with E-state index in [1.807, 2.05) is 67.6 Å². The lowest BCUT2D eigenvalue weighted by molar-refractivity contribution is -0.115. The van der Waals surface area contributed by atoms with Crippen molar-refractivity contribution < 1.29 is 4.79 Å². The van der Waals surface area contributed by atoms with Gasteiger partial charge in [-0.3, -0.25) is 9.69 Å². The number of benzene rings is 2. The van der Waals surface area contributed by atoms with Gasteiger partial charge in [-0.15, -0.1) is 11.8 Å². The van der Waals surface area contributed by atoms with Crippen LogP contribution < -0.4 is 10.6 Å². The summed E-state index contributed by atoms with van der Waals surface area (Å²) >= 11 is 1.61. The normalized spacial score (nSPS) is 17.2. The topological polar surface area (TPSA) is 64.2 Å². The van der Waals surface area contributed by atoms with Crippen molar-refractivity contribution in [2.45, 2.75) is 12.3 Å². The Morgan fingerprint density at radius 3 is 2.40 bits per heavy atom. The number of nitrogens with two attached hydrogens (primary N) is 1. The molecule has 2 heterocycles. The number of nitrogens with zero attached hydrogens (tertiary/aromatic N) is 3. The summed E-state index contributed by atoms with van der Waals surface area (Å²) in [5, 5.41) is 4.50. The van der Waals surface area contributed by atoms with Crippen LogP contribution >= 0.6 is 11.8 Å². The fourth-order valence-electron chi connectivity index (χ4n) is 3.13. The van der Waals surface area contributed by atoms with Gasteiger partial charge in [-0.2, -0.15) is 5.10 Å². The van der Waals surface area contributed by atoms with Crippen LogP contribution in [0.4, 0.5) is 11.5 Å². The molecule has 4 rings (SSSR count). The van der Waals surface area contributed by atoms with Crippen LogP contribution in [0.1, 0.15) is 16.6 Å². The second-order valence-corrected chi connectivity index (χ2v) is 6.97. The van der Waals surface area contributed by atoms with Gasteiger partial charge in [-0.25, -0.2) is 4.68 Å². The summed E-state index contributed by atoms with van der Waals surface area (Å²) < 4.78 is 1.70. The van der Waals surface area contributed by atoms with Crippen molar-refractivity contribution in [3.63, 3.8) is 0 Å². The van der Waals surface area contributed by atoms with Gasteiger partial charge in [-0.05, 0) is 24.6 Å². The van der Waals surface area contributed by atoms with Gasteiger partial charge in [0, 0.05) is 0 Å². The monoisotopic (exact) mass is 350 g/mol. The third-order valence-electron chi connectivity index (χ3n) is 4.26. The lowest BCUT2D eigenvalue weighted by atomic mass is 10.2. The molecule has 25 heavy (non-hydrogen) atoms. The van der Waals surface area contributed by atoms with E-state index in [4.69, 9.17) is 5.73 Å². The molecule has 1 aromatic heterocycles. The number of thioether (sulfide) groups is 1. The quantitative estimate of drug-likeness (QED) is 0.785. The molecular formula is C19H18N4OS. The van der Waals surface area contributed by atoms with Crippen molar-refractivity contribution >= 4 is 29.2 Å². The number of hydrogen-bond donors (Lipinski definition) is 1. The molecule has 0 aliphatic carbocycles. The summed E-state index contributed by atoms with van der Waals surface area (Å²) in [6.07, 6.45) is 0. The average molecular weight is 350 g/mol. The summed E-state index contributed by atoms with van der Waals surface area (Å²) in [5.74, 6) is 0.983. The number of nitrogen functional groups attached to an aromatic ring is 1. The summed E-state index contributed by atoms with van der Waals surface area (Å²) in [7, 11) is 0. The van der Waals surface area contributed by atoms with Crippen LogP contribution in [0, 0.1) is 6.92 Å². The molecule has 3 aromatic rings. The van der Waals surface area contributed by atoms with E-state index in [1.165, 1.54) is 0 Å². The number of aryl methyl sites for hydroxylation is 1. The molecule has 2 N–H and O–H groups in total. The third kappa shape index (κ3) is 2.68. The van der Waals surface area contributed by atoms with Crippen molar-refractivity contribution in [2.24, 2.45) is 0 Å². The minimum Gasteiger partial charge on any atom is -0.382 e. The molecule has 1 atom stereocenters. The number of carbonyl (C=O) groups is 1. The van der Waals surface area contributed by atoms with Crippen LogP contribution in [0.25, 0.3) is 5.69 Å². The predicted molar refractivity (Wildman–Crippen MR) is 102 cm³/mol. The zero-order valence-corrected chi connectivity index (χ0v) is 14.6. The fourth-order valence-corrected chi connectivity index (χ4v) is 4.29. The van der Waals surface area contributed by atoms with Gasteiger partial charge in [-0.1, -0.05) is 48.5 Å². The summed E-state index contributed by atoms with van der Waals surface area (Å²) in [6, 6.07) is 19.7. The first kappa shape index (κ1) is 15.8. The Bertz CT molecular complexity index is 908. The van der Waals surface area contributed by atoms with E-state index in [2.05, 4.69) is 5.10 Å². The van der Waals surface area contributed by atoms with E-state index in [9.17, 15) is 4.79 Å². The maximum absolute atomic E-state index is 12.6. The molecule has 0 saturated carbocycles. The van der Waals surface area contributed by atoms with E-state index in [-0.39, 0.29) is 11.3 Å². The summed E-state index contributed by atoms with van der Waals surface area (Å²) in [6.45, 7) is 1.89. The van der Waals surface area contributed by atoms with Gasteiger partial charge < -0.3 is 5.73 Å². The lowest BCUT2D eigenvalue weighted by Crippen LogP contribution is -2.29. The van der Waals surface area contributed by atoms with Gasteiger partial charge in [0.15, 0.2) is 5.82 Å². The van der Waals surface area contributed by atoms with Crippen LogP contribution in [-0.4, -0.2) is 21.4 Å². The smallest absolute Gasteiger partial charge is 0.238 e. The molecule has 126 valence electrons. The largest absolute Gasteiger partial charge is 0.382 e. The molecule has 0 radical (unpaired) electrons. The molecule has 6 heteroatoms. The highest BCUT2D eigenvalue weighted by Crippen LogP contribution is 2.45. The van der Waals surface area contributed by atoms with Crippen LogP contribution in [0.2, 0.25) is 0 Å². The minimum atomic E-state index is -0.0804. The van der Waals surface area contributed by atoms with E-state index >= 15 is 0 Å². The molecule has 0 spiro atoms. The molecule has 5 nitrogen and oxygen atoms in total. The van der Waals surface area contributed by atoms with E-state index in [0.29, 0.717) is 17.3 Å². The van der Waals surface area contributed by atoms with E-state index in [1.54, 1.807) is 21.3 Å². The van der Waals surface area contributed by atoms with Gasteiger partial charge in [0.05, 0.1) is 17.1 Å². The van der Waals surface area contributed by atoms with Crippen molar-refractivity contribution in [1.82, 2.24) is 9.78 Å². The fraction of sp³-hybridized carbons (Fsp3) is 0.158. The first-order valence-corrected chi connectivity index (χ1v) is 9.11. The van der Waals surface area contributed by atoms with E-state index < -0.39 is 0 Å². The Morgan fingerprint density at radius 2 is 1.72 bits per heavy atom. The lowest BCUT2D eigenvalue weighted by Gasteiger charge is -2.24. The summed E-state index contributed by atoms with van der Waals surface area (Å²) in [5.41, 5.74) is 9.83.